The molecular formula is C10H16BrNO2S. The maximum Gasteiger partial charge on any atom is 0.188 e. The van der Waals surface area contributed by atoms with Gasteiger partial charge in [-0.3, -0.25) is 0 Å². The molecule has 0 aliphatic carbocycles. The molecule has 0 radical (unpaired) electrons. The van der Waals surface area contributed by atoms with Gasteiger partial charge in [-0.05, 0) is 35.8 Å². The fourth-order valence-electron chi connectivity index (χ4n) is 1.01. The molecule has 1 aromatic rings. The van der Waals surface area contributed by atoms with Crippen molar-refractivity contribution in [3.63, 3.8) is 0 Å². The first-order chi connectivity index (χ1) is 6.98. The van der Waals surface area contributed by atoms with E-state index in [-0.39, 0.29) is 12.1 Å². The Hall–Kier alpha value is -0.100. The van der Waals surface area contributed by atoms with Gasteiger partial charge in [0.2, 0.25) is 0 Å². The van der Waals surface area contributed by atoms with Gasteiger partial charge in [-0.2, -0.15) is 0 Å². The Labute approximate surface area is 103 Å². The number of thiophene rings is 1. The molecule has 0 amide bonds. The zero-order valence-corrected chi connectivity index (χ0v) is 11.5. The normalized spacial score (nSPS) is 11.8. The monoisotopic (exact) mass is 293 g/mol. The molecule has 2 N–H and O–H groups in total. The van der Waals surface area contributed by atoms with Gasteiger partial charge in [-0.25, -0.2) is 0 Å². The molecule has 0 aliphatic heterocycles. The third kappa shape index (κ3) is 3.75. The second-order valence-electron chi connectivity index (χ2n) is 3.95. The molecule has 1 rings (SSSR count). The lowest BCUT2D eigenvalue weighted by Crippen LogP contribution is -2.41. The van der Waals surface area contributed by atoms with Gasteiger partial charge in [-0.15, -0.1) is 11.3 Å². The zero-order valence-electron chi connectivity index (χ0n) is 9.13. The van der Waals surface area contributed by atoms with E-state index in [4.69, 9.17) is 9.84 Å². The summed E-state index contributed by atoms with van der Waals surface area (Å²) in [6.45, 7) is 4.79. The molecule has 1 aromatic heterocycles. The van der Waals surface area contributed by atoms with Crippen molar-refractivity contribution in [2.24, 2.45) is 0 Å². The predicted octanol–water partition coefficient (Wildman–Crippen LogP) is 2.38. The highest BCUT2D eigenvalue weighted by molar-refractivity contribution is 9.10. The number of hydrogen-bond acceptors (Lipinski definition) is 4. The van der Waals surface area contributed by atoms with Crippen molar-refractivity contribution >= 4 is 27.3 Å². The predicted molar refractivity (Wildman–Crippen MR) is 66.6 cm³/mol. The Morgan fingerprint density at radius 3 is 2.73 bits per heavy atom. The van der Waals surface area contributed by atoms with Gasteiger partial charge in [0.25, 0.3) is 0 Å². The van der Waals surface area contributed by atoms with E-state index in [9.17, 15) is 0 Å². The average molecular weight is 294 g/mol. The van der Waals surface area contributed by atoms with E-state index < -0.39 is 0 Å². The first-order valence-corrected chi connectivity index (χ1v) is 6.27. The lowest BCUT2D eigenvalue weighted by molar-refractivity contribution is 0.187. The van der Waals surface area contributed by atoms with Gasteiger partial charge in [0.1, 0.15) is 0 Å². The quantitative estimate of drug-likeness (QED) is 0.876. The number of methoxy groups -OCH3 is 1. The molecule has 0 unspecified atom stereocenters. The summed E-state index contributed by atoms with van der Waals surface area (Å²) in [5.74, 6) is 0. The Morgan fingerprint density at radius 1 is 1.60 bits per heavy atom. The summed E-state index contributed by atoms with van der Waals surface area (Å²) in [6, 6.07) is 2.03. The first-order valence-electron chi connectivity index (χ1n) is 4.66. The molecule has 0 atom stereocenters. The maximum atomic E-state index is 9.08. The van der Waals surface area contributed by atoms with Gasteiger partial charge in [-0.1, -0.05) is 0 Å². The van der Waals surface area contributed by atoms with Crippen molar-refractivity contribution in [3.05, 3.63) is 15.4 Å². The van der Waals surface area contributed by atoms with Gasteiger partial charge in [0.05, 0.1) is 18.2 Å². The van der Waals surface area contributed by atoms with Crippen molar-refractivity contribution < 1.29 is 9.84 Å². The second-order valence-corrected chi connectivity index (χ2v) is 5.90. The third-order valence-corrected chi connectivity index (χ3v) is 3.98. The number of aliphatic hydroxyl groups excluding tert-OH is 1. The maximum absolute atomic E-state index is 9.08. The molecule has 0 aromatic carbocycles. The van der Waals surface area contributed by atoms with Crippen molar-refractivity contribution in [2.75, 3.05) is 13.7 Å². The molecule has 1 heterocycles. The molecule has 0 aliphatic rings. The van der Waals surface area contributed by atoms with Gasteiger partial charge >= 0.3 is 0 Å². The van der Waals surface area contributed by atoms with Crippen LogP contribution >= 0.6 is 27.3 Å². The highest BCUT2D eigenvalue weighted by atomic mass is 79.9. The van der Waals surface area contributed by atoms with Crippen LogP contribution in [0.4, 0.5) is 0 Å². The smallest absolute Gasteiger partial charge is 0.188 e. The van der Waals surface area contributed by atoms with Gasteiger partial charge < -0.3 is 15.2 Å². The molecule has 86 valence electrons. The molecule has 0 saturated heterocycles. The van der Waals surface area contributed by atoms with Crippen LogP contribution in [-0.4, -0.2) is 24.4 Å². The molecule has 15 heavy (non-hydrogen) atoms. The summed E-state index contributed by atoms with van der Waals surface area (Å²) in [5.41, 5.74) is -0.246. The Morgan fingerprint density at radius 2 is 2.27 bits per heavy atom. The van der Waals surface area contributed by atoms with Gasteiger partial charge in [0.15, 0.2) is 5.06 Å². The first kappa shape index (κ1) is 13.0. The SMILES string of the molecule is COc1sc(CNC(C)(C)CO)cc1Br. The van der Waals surface area contributed by atoms with E-state index in [0.29, 0.717) is 0 Å². The number of nitrogens with one attached hydrogen (secondary N) is 1. The van der Waals surface area contributed by atoms with E-state index in [1.165, 1.54) is 4.88 Å². The summed E-state index contributed by atoms with van der Waals surface area (Å²) in [6.07, 6.45) is 0. The number of hydrogen-bond donors (Lipinski definition) is 2. The van der Waals surface area contributed by atoms with Crippen LogP contribution in [0.15, 0.2) is 10.5 Å². The minimum Gasteiger partial charge on any atom is -0.486 e. The fourth-order valence-corrected chi connectivity index (χ4v) is 2.64. The van der Waals surface area contributed by atoms with E-state index >= 15 is 0 Å². The standard InChI is InChI=1S/C10H16BrNO2S/c1-10(2,6-13)12-5-7-4-8(11)9(14-3)15-7/h4,12-13H,5-6H2,1-3H3. The van der Waals surface area contributed by atoms with Crippen LogP contribution in [-0.2, 0) is 6.54 Å². The van der Waals surface area contributed by atoms with Crippen LogP contribution in [0.25, 0.3) is 0 Å². The van der Waals surface area contributed by atoms with Crippen LogP contribution < -0.4 is 10.1 Å². The Kier molecular flexibility index (Phi) is 4.58. The Balaban J connectivity index is 2.58. The molecular weight excluding hydrogens is 278 g/mol. The zero-order chi connectivity index (χ0) is 11.5. The van der Waals surface area contributed by atoms with Crippen LogP contribution in [0.1, 0.15) is 18.7 Å². The topological polar surface area (TPSA) is 41.5 Å². The molecule has 5 heteroatoms. The number of halogens is 1. The number of ether oxygens (including phenoxy) is 1. The van der Waals surface area contributed by atoms with E-state index in [1.807, 2.05) is 19.9 Å². The number of aliphatic hydroxyl groups is 1. The summed E-state index contributed by atoms with van der Waals surface area (Å²) >= 11 is 5.02. The summed E-state index contributed by atoms with van der Waals surface area (Å²) in [7, 11) is 1.66. The highest BCUT2D eigenvalue weighted by Gasteiger charge is 2.16. The van der Waals surface area contributed by atoms with E-state index in [0.717, 1.165) is 16.1 Å². The van der Waals surface area contributed by atoms with Gasteiger partial charge in [0, 0.05) is 17.0 Å². The third-order valence-electron chi connectivity index (χ3n) is 2.03. The summed E-state index contributed by atoms with van der Waals surface area (Å²) < 4.78 is 6.16. The van der Waals surface area contributed by atoms with Crippen molar-refractivity contribution in [1.29, 1.82) is 0 Å². The van der Waals surface area contributed by atoms with Crippen LogP contribution in [0.2, 0.25) is 0 Å². The van der Waals surface area contributed by atoms with Crippen LogP contribution in [0, 0.1) is 0 Å². The lowest BCUT2D eigenvalue weighted by Gasteiger charge is -2.22. The fraction of sp³-hybridized carbons (Fsp3) is 0.600. The van der Waals surface area contributed by atoms with Crippen molar-refractivity contribution in [1.82, 2.24) is 5.32 Å². The summed E-state index contributed by atoms with van der Waals surface area (Å²) in [5, 5.41) is 13.2. The molecule has 3 nitrogen and oxygen atoms in total. The second kappa shape index (κ2) is 5.30. The largest absolute Gasteiger partial charge is 0.486 e. The number of rotatable bonds is 5. The van der Waals surface area contributed by atoms with Crippen LogP contribution in [0.5, 0.6) is 5.06 Å². The average Bonchev–Trinajstić information content (AvgIpc) is 2.56. The summed E-state index contributed by atoms with van der Waals surface area (Å²) in [4.78, 5) is 1.18. The molecule has 0 bridgehead atoms. The molecule has 0 spiro atoms. The van der Waals surface area contributed by atoms with Crippen LogP contribution in [0.3, 0.4) is 0 Å². The van der Waals surface area contributed by atoms with Crippen molar-refractivity contribution in [3.8, 4) is 5.06 Å². The molecule has 0 saturated carbocycles. The minimum atomic E-state index is -0.246. The molecule has 0 fully saturated rings. The van der Waals surface area contributed by atoms with Crippen molar-refractivity contribution in [2.45, 2.75) is 25.9 Å². The Bertz CT molecular complexity index is 325. The minimum absolute atomic E-state index is 0.122. The van der Waals surface area contributed by atoms with E-state index in [1.54, 1.807) is 18.4 Å². The highest BCUT2D eigenvalue weighted by Crippen LogP contribution is 2.34. The lowest BCUT2D eigenvalue weighted by atomic mass is 10.1. The van der Waals surface area contributed by atoms with E-state index in [2.05, 4.69) is 21.2 Å².